The summed E-state index contributed by atoms with van der Waals surface area (Å²) in [5.41, 5.74) is 6.59. The summed E-state index contributed by atoms with van der Waals surface area (Å²) in [6.07, 6.45) is 0. The summed E-state index contributed by atoms with van der Waals surface area (Å²) >= 11 is 0. The van der Waals surface area contributed by atoms with Crippen molar-refractivity contribution >= 4 is 20.2 Å². The van der Waals surface area contributed by atoms with Crippen LogP contribution in [0.4, 0.5) is 0 Å². The van der Waals surface area contributed by atoms with Gasteiger partial charge in [-0.25, -0.2) is 0 Å². The van der Waals surface area contributed by atoms with Gasteiger partial charge in [0.2, 0.25) is 0 Å². The maximum atomic E-state index is 11.2. The molecule has 0 saturated carbocycles. The second kappa shape index (κ2) is 4.82. The normalized spacial score (nSPS) is 12.4. The highest BCUT2D eigenvalue weighted by atomic mass is 32.2. The van der Waals surface area contributed by atoms with Gasteiger partial charge < -0.3 is 4.74 Å². The van der Waals surface area contributed by atoms with Gasteiger partial charge in [0.25, 0.3) is 20.2 Å². The van der Waals surface area contributed by atoms with Crippen LogP contribution < -0.4 is 10.5 Å². The van der Waals surface area contributed by atoms with Gasteiger partial charge in [-0.1, -0.05) is 0 Å². The van der Waals surface area contributed by atoms with E-state index in [0.29, 0.717) is 0 Å². The van der Waals surface area contributed by atoms with Crippen LogP contribution >= 0.6 is 0 Å². The molecule has 0 aliphatic rings. The minimum atomic E-state index is -4.79. The van der Waals surface area contributed by atoms with E-state index in [2.05, 4.69) is 4.74 Å². The summed E-state index contributed by atoms with van der Waals surface area (Å²) in [4.78, 5) is -1.60. The fraction of sp³-hybridized carbons (Fsp3) is 0.250. The SMILES string of the molecule is COc1ccc(S(=O)(=O)O)c(C[NH])c1S(=O)(=O)O. The number of rotatable bonds is 4. The number of hydrogen-bond acceptors (Lipinski definition) is 5. The van der Waals surface area contributed by atoms with Gasteiger partial charge in [-0.05, 0) is 12.1 Å². The Hall–Kier alpha value is -1.20. The molecule has 1 rings (SSSR count). The zero-order chi connectivity index (χ0) is 14.1. The summed E-state index contributed by atoms with van der Waals surface area (Å²) in [6, 6.07) is 1.86. The standard InChI is InChI=1S/C8H10NO7S2/c1-16-6-2-3-7(17(10,11)12)5(4-9)8(6)18(13,14)15/h2-3,9H,4H2,1H3,(H,10,11,12)(H,13,14,15). The topological polar surface area (TPSA) is 142 Å². The smallest absolute Gasteiger partial charge is 0.298 e. The van der Waals surface area contributed by atoms with Gasteiger partial charge >= 0.3 is 0 Å². The van der Waals surface area contributed by atoms with Crippen molar-refractivity contribution < 1.29 is 30.7 Å². The largest absolute Gasteiger partial charge is 0.495 e. The molecule has 0 aromatic heterocycles. The fourth-order valence-corrected chi connectivity index (χ4v) is 3.13. The molecule has 0 heterocycles. The number of nitrogens with one attached hydrogen (secondary N) is 1. The molecule has 101 valence electrons. The Morgan fingerprint density at radius 3 is 2.06 bits per heavy atom. The van der Waals surface area contributed by atoms with Crippen molar-refractivity contribution in [2.75, 3.05) is 7.11 Å². The summed E-state index contributed by atoms with van der Waals surface area (Å²) in [7, 11) is -8.38. The molecule has 0 amide bonds. The van der Waals surface area contributed by atoms with E-state index in [1.54, 1.807) is 0 Å². The molecule has 3 N–H and O–H groups in total. The lowest BCUT2D eigenvalue weighted by atomic mass is 10.2. The molecule has 0 atom stereocenters. The average Bonchev–Trinajstić information content (AvgIpc) is 2.24. The summed E-state index contributed by atoms with van der Waals surface area (Å²) < 4.78 is 67.1. The van der Waals surface area contributed by atoms with Crippen molar-refractivity contribution in [3.8, 4) is 5.75 Å². The first kappa shape index (κ1) is 14.9. The van der Waals surface area contributed by atoms with Crippen molar-refractivity contribution in [1.82, 2.24) is 5.73 Å². The summed E-state index contributed by atoms with van der Waals surface area (Å²) in [6.45, 7) is -0.776. The van der Waals surface area contributed by atoms with E-state index in [4.69, 9.17) is 14.8 Å². The van der Waals surface area contributed by atoms with E-state index >= 15 is 0 Å². The van der Waals surface area contributed by atoms with Crippen LogP contribution in [0.3, 0.4) is 0 Å². The van der Waals surface area contributed by atoms with Crippen molar-refractivity contribution in [1.29, 1.82) is 0 Å². The molecule has 0 bridgehead atoms. The third-order valence-corrected chi connectivity index (χ3v) is 4.02. The maximum Gasteiger partial charge on any atom is 0.298 e. The molecular weight excluding hydrogens is 286 g/mol. The molecule has 0 aliphatic heterocycles. The maximum absolute atomic E-state index is 11.2. The molecule has 0 aliphatic carbocycles. The van der Waals surface area contributed by atoms with Crippen LogP contribution in [0, 0.1) is 0 Å². The Bertz CT molecular complexity index is 663. The molecule has 1 radical (unpaired) electrons. The predicted molar refractivity (Wildman–Crippen MR) is 59.4 cm³/mol. The van der Waals surface area contributed by atoms with Crippen LogP contribution in [0.15, 0.2) is 21.9 Å². The minimum absolute atomic E-state index is 0.313. The van der Waals surface area contributed by atoms with Gasteiger partial charge in [-0.15, -0.1) is 0 Å². The molecule has 18 heavy (non-hydrogen) atoms. The highest BCUT2D eigenvalue weighted by molar-refractivity contribution is 7.86. The number of benzene rings is 1. The Kier molecular flexibility index (Phi) is 3.98. The van der Waals surface area contributed by atoms with Crippen LogP contribution in [0.2, 0.25) is 0 Å². The van der Waals surface area contributed by atoms with Gasteiger partial charge in [0.05, 0.1) is 7.11 Å². The molecule has 0 saturated heterocycles. The van der Waals surface area contributed by atoms with E-state index in [9.17, 15) is 16.8 Å². The summed E-state index contributed by atoms with van der Waals surface area (Å²) in [5, 5.41) is 0. The highest BCUT2D eigenvalue weighted by Crippen LogP contribution is 2.32. The molecule has 0 unspecified atom stereocenters. The van der Waals surface area contributed by atoms with E-state index in [0.717, 1.165) is 19.2 Å². The third kappa shape index (κ3) is 2.79. The van der Waals surface area contributed by atoms with Crippen molar-refractivity contribution in [3.05, 3.63) is 17.7 Å². The van der Waals surface area contributed by atoms with E-state index in [1.807, 2.05) is 0 Å². The van der Waals surface area contributed by atoms with Crippen LogP contribution in [0.5, 0.6) is 5.75 Å². The zero-order valence-corrected chi connectivity index (χ0v) is 10.7. The quantitative estimate of drug-likeness (QED) is 0.743. The van der Waals surface area contributed by atoms with Crippen molar-refractivity contribution in [2.45, 2.75) is 16.3 Å². The lowest BCUT2D eigenvalue weighted by Crippen LogP contribution is -2.12. The number of hydrogen-bond donors (Lipinski definition) is 2. The Balaban J connectivity index is 3.87. The fourth-order valence-electron chi connectivity index (χ4n) is 1.44. The van der Waals surface area contributed by atoms with Crippen molar-refractivity contribution in [3.63, 3.8) is 0 Å². The van der Waals surface area contributed by atoms with Gasteiger partial charge in [0.15, 0.2) is 0 Å². The predicted octanol–water partition coefficient (Wildman–Crippen LogP) is -0.0285. The van der Waals surface area contributed by atoms with Crippen LogP contribution in [-0.4, -0.2) is 33.1 Å². The van der Waals surface area contributed by atoms with E-state index in [1.165, 1.54) is 0 Å². The van der Waals surface area contributed by atoms with Crippen molar-refractivity contribution in [2.24, 2.45) is 0 Å². The first-order valence-corrected chi connectivity index (χ1v) is 7.30. The van der Waals surface area contributed by atoms with Gasteiger partial charge in [0, 0.05) is 12.1 Å². The number of methoxy groups -OCH3 is 1. The first-order valence-electron chi connectivity index (χ1n) is 4.42. The zero-order valence-electron chi connectivity index (χ0n) is 9.11. The van der Waals surface area contributed by atoms with E-state index in [-0.39, 0.29) is 5.75 Å². The first-order chi connectivity index (χ1) is 8.12. The molecular formula is C8H10NO7S2. The molecule has 1 aromatic carbocycles. The number of ether oxygens (including phenoxy) is 1. The Morgan fingerprint density at radius 2 is 1.72 bits per heavy atom. The molecule has 1 aromatic rings. The average molecular weight is 296 g/mol. The second-order valence-corrected chi connectivity index (χ2v) is 5.95. The van der Waals surface area contributed by atoms with Crippen LogP contribution in [0.25, 0.3) is 0 Å². The molecule has 0 fully saturated rings. The molecule has 8 nitrogen and oxygen atoms in total. The third-order valence-electron chi connectivity index (χ3n) is 2.11. The lowest BCUT2D eigenvalue weighted by molar-refractivity contribution is 0.394. The molecule has 10 heteroatoms. The van der Waals surface area contributed by atoms with E-state index < -0.39 is 42.1 Å². The minimum Gasteiger partial charge on any atom is -0.495 e. The second-order valence-electron chi connectivity index (χ2n) is 3.20. The van der Waals surface area contributed by atoms with Gasteiger partial charge in [0.1, 0.15) is 15.5 Å². The summed E-state index contributed by atoms with van der Waals surface area (Å²) in [5.74, 6) is -0.313. The monoisotopic (exact) mass is 296 g/mol. The van der Waals surface area contributed by atoms with Crippen LogP contribution in [0.1, 0.15) is 5.56 Å². The van der Waals surface area contributed by atoms with Crippen LogP contribution in [-0.2, 0) is 26.8 Å². The highest BCUT2D eigenvalue weighted by Gasteiger charge is 2.27. The van der Waals surface area contributed by atoms with Gasteiger partial charge in [-0.2, -0.15) is 16.8 Å². The Morgan fingerprint density at radius 1 is 1.17 bits per heavy atom. The van der Waals surface area contributed by atoms with Gasteiger partial charge in [-0.3, -0.25) is 14.8 Å². The lowest BCUT2D eigenvalue weighted by Gasteiger charge is -2.12. The molecule has 0 spiro atoms. The Labute approximate surface area is 104 Å².